The lowest BCUT2D eigenvalue weighted by atomic mass is 9.81. The van der Waals surface area contributed by atoms with Crippen LogP contribution in [0.5, 0.6) is 0 Å². The Morgan fingerprint density at radius 2 is 2.00 bits per heavy atom. The number of sulfone groups is 1. The molecule has 86 valence electrons. The molecule has 0 radical (unpaired) electrons. The Hall–Kier alpha value is -1.16. The molecular weight excluding hydrogens is 224 g/mol. The molecule has 1 aromatic carbocycles. The number of fused-ring (bicyclic) bond motifs is 1. The number of carbonyl (C=O) groups is 1. The summed E-state index contributed by atoms with van der Waals surface area (Å²) in [5.74, 6) is 0.188. The van der Waals surface area contributed by atoms with Gasteiger partial charge in [-0.05, 0) is 29.5 Å². The van der Waals surface area contributed by atoms with Gasteiger partial charge < -0.3 is 0 Å². The van der Waals surface area contributed by atoms with Crippen molar-refractivity contribution in [1.29, 1.82) is 0 Å². The second-order valence-corrected chi connectivity index (χ2v) is 6.90. The minimum atomic E-state index is -3.15. The third-order valence-corrected chi connectivity index (χ3v) is 4.97. The summed E-state index contributed by atoms with van der Waals surface area (Å²) >= 11 is 0. The van der Waals surface area contributed by atoms with Crippen molar-refractivity contribution in [3.63, 3.8) is 0 Å². The molecule has 0 fully saturated rings. The van der Waals surface area contributed by atoms with Crippen molar-refractivity contribution in [3.05, 3.63) is 29.3 Å². The van der Waals surface area contributed by atoms with Crippen molar-refractivity contribution in [3.8, 4) is 0 Å². The van der Waals surface area contributed by atoms with Gasteiger partial charge in [0.2, 0.25) is 0 Å². The summed E-state index contributed by atoms with van der Waals surface area (Å²) in [4.78, 5) is 11.1. The van der Waals surface area contributed by atoms with Crippen LogP contribution in [0.1, 0.15) is 36.2 Å². The van der Waals surface area contributed by atoms with Gasteiger partial charge in [0.1, 0.15) is 6.29 Å². The number of aldehydes is 1. The Balaban J connectivity index is 2.74. The average Bonchev–Trinajstić information content (AvgIpc) is 2.24. The Bertz CT molecular complexity index is 541. The molecule has 2 rings (SSSR count). The van der Waals surface area contributed by atoms with Crippen molar-refractivity contribution < 1.29 is 13.2 Å². The number of hydrogen-bond donors (Lipinski definition) is 0. The van der Waals surface area contributed by atoms with Gasteiger partial charge in [0, 0.05) is 5.56 Å². The van der Waals surface area contributed by atoms with E-state index in [1.165, 1.54) is 0 Å². The highest BCUT2D eigenvalue weighted by atomic mass is 32.2. The van der Waals surface area contributed by atoms with Crippen LogP contribution in [0, 0.1) is 0 Å². The van der Waals surface area contributed by atoms with E-state index in [-0.39, 0.29) is 11.2 Å². The van der Waals surface area contributed by atoms with Crippen molar-refractivity contribution >= 4 is 16.1 Å². The van der Waals surface area contributed by atoms with Crippen molar-refractivity contribution in [1.82, 2.24) is 0 Å². The maximum Gasteiger partial charge on any atom is 0.178 e. The van der Waals surface area contributed by atoms with E-state index < -0.39 is 9.84 Å². The number of benzene rings is 1. The van der Waals surface area contributed by atoms with Crippen LogP contribution in [-0.4, -0.2) is 20.5 Å². The molecule has 1 aliphatic heterocycles. The fourth-order valence-electron chi connectivity index (χ4n) is 2.06. The monoisotopic (exact) mass is 238 g/mol. The number of carbonyl (C=O) groups excluding carboxylic acids is 1. The summed E-state index contributed by atoms with van der Waals surface area (Å²) in [6.45, 7) is 4.02. The Kier molecular flexibility index (Phi) is 2.42. The van der Waals surface area contributed by atoms with E-state index in [0.717, 1.165) is 11.8 Å². The van der Waals surface area contributed by atoms with Gasteiger partial charge in [0.15, 0.2) is 9.84 Å². The SMILES string of the molecule is CC1(C)CCS(=O)(=O)c2ccc(C=O)cc21. The van der Waals surface area contributed by atoms with E-state index in [4.69, 9.17) is 0 Å². The van der Waals surface area contributed by atoms with Crippen LogP contribution >= 0.6 is 0 Å². The molecule has 0 amide bonds. The smallest absolute Gasteiger partial charge is 0.178 e. The van der Waals surface area contributed by atoms with Crippen LogP contribution in [0.25, 0.3) is 0 Å². The predicted molar refractivity (Wildman–Crippen MR) is 61.5 cm³/mol. The Morgan fingerprint density at radius 3 is 2.62 bits per heavy atom. The summed E-state index contributed by atoms with van der Waals surface area (Å²) in [5, 5.41) is 0. The fraction of sp³-hybridized carbons (Fsp3) is 0.417. The van der Waals surface area contributed by atoms with Crippen LogP contribution in [0.4, 0.5) is 0 Å². The molecule has 0 spiro atoms. The third-order valence-electron chi connectivity index (χ3n) is 3.20. The first-order valence-corrected chi connectivity index (χ1v) is 6.84. The maximum atomic E-state index is 11.9. The van der Waals surface area contributed by atoms with Crippen molar-refractivity contribution in [2.24, 2.45) is 0 Å². The first kappa shape index (κ1) is 11.3. The van der Waals surface area contributed by atoms with E-state index in [9.17, 15) is 13.2 Å². The van der Waals surface area contributed by atoms with Gasteiger partial charge in [0.25, 0.3) is 0 Å². The molecule has 0 saturated heterocycles. The molecule has 4 heteroatoms. The van der Waals surface area contributed by atoms with Crippen LogP contribution in [0.3, 0.4) is 0 Å². The lowest BCUT2D eigenvalue weighted by Crippen LogP contribution is -2.30. The molecule has 0 N–H and O–H groups in total. The molecule has 16 heavy (non-hydrogen) atoms. The normalized spacial score (nSPS) is 21.1. The molecule has 1 heterocycles. The maximum absolute atomic E-state index is 11.9. The third kappa shape index (κ3) is 1.67. The summed E-state index contributed by atoms with van der Waals surface area (Å²) in [6, 6.07) is 4.80. The van der Waals surface area contributed by atoms with Crippen LogP contribution in [0.15, 0.2) is 23.1 Å². The summed E-state index contributed by atoms with van der Waals surface area (Å²) in [5.41, 5.74) is 1.12. The largest absolute Gasteiger partial charge is 0.298 e. The zero-order valence-electron chi connectivity index (χ0n) is 9.36. The number of hydrogen-bond acceptors (Lipinski definition) is 3. The second-order valence-electron chi connectivity index (χ2n) is 4.83. The first-order valence-electron chi connectivity index (χ1n) is 5.19. The van der Waals surface area contributed by atoms with Gasteiger partial charge >= 0.3 is 0 Å². The predicted octanol–water partition coefficient (Wildman–Crippen LogP) is 1.95. The summed E-state index contributed by atoms with van der Waals surface area (Å²) in [6.07, 6.45) is 1.35. The zero-order chi connectivity index (χ0) is 12.0. The molecular formula is C12H14O3S. The van der Waals surface area contributed by atoms with Crippen molar-refractivity contribution in [2.75, 3.05) is 5.75 Å². The van der Waals surface area contributed by atoms with Gasteiger partial charge in [-0.2, -0.15) is 0 Å². The molecule has 0 unspecified atom stereocenters. The van der Waals surface area contributed by atoms with E-state index >= 15 is 0 Å². The highest BCUT2D eigenvalue weighted by Crippen LogP contribution is 2.38. The molecule has 1 aromatic rings. The molecule has 0 saturated carbocycles. The lowest BCUT2D eigenvalue weighted by molar-refractivity contribution is 0.112. The van der Waals surface area contributed by atoms with E-state index in [1.54, 1.807) is 18.2 Å². The lowest BCUT2D eigenvalue weighted by Gasteiger charge is -2.32. The highest BCUT2D eigenvalue weighted by Gasteiger charge is 2.35. The first-order chi connectivity index (χ1) is 7.37. The van der Waals surface area contributed by atoms with Crippen molar-refractivity contribution in [2.45, 2.75) is 30.6 Å². The van der Waals surface area contributed by atoms with Gasteiger partial charge in [0.05, 0.1) is 10.6 Å². The zero-order valence-corrected chi connectivity index (χ0v) is 10.2. The van der Waals surface area contributed by atoms with Gasteiger partial charge in [-0.1, -0.05) is 19.9 Å². The Morgan fingerprint density at radius 1 is 1.31 bits per heavy atom. The number of rotatable bonds is 1. The summed E-state index contributed by atoms with van der Waals surface area (Å²) in [7, 11) is -3.15. The average molecular weight is 238 g/mol. The van der Waals surface area contributed by atoms with Crippen LogP contribution in [0.2, 0.25) is 0 Å². The molecule has 0 bridgehead atoms. The van der Waals surface area contributed by atoms with E-state index in [2.05, 4.69) is 0 Å². The second kappa shape index (κ2) is 3.42. The van der Waals surface area contributed by atoms with Gasteiger partial charge in [-0.15, -0.1) is 0 Å². The molecule has 0 aromatic heterocycles. The van der Waals surface area contributed by atoms with Gasteiger partial charge in [-0.25, -0.2) is 8.42 Å². The van der Waals surface area contributed by atoms with E-state index in [1.807, 2.05) is 13.8 Å². The topological polar surface area (TPSA) is 51.2 Å². The highest BCUT2D eigenvalue weighted by molar-refractivity contribution is 7.91. The standard InChI is InChI=1S/C12H14O3S/c1-12(2)5-6-16(14,15)11-4-3-9(8-13)7-10(11)12/h3-4,7-8H,5-6H2,1-2H3. The van der Waals surface area contributed by atoms with Crippen LogP contribution < -0.4 is 0 Å². The summed E-state index contributed by atoms with van der Waals surface area (Å²) < 4.78 is 23.7. The molecule has 3 nitrogen and oxygen atoms in total. The van der Waals surface area contributed by atoms with Gasteiger partial charge in [-0.3, -0.25) is 4.79 Å². The quantitative estimate of drug-likeness (QED) is 0.703. The molecule has 0 atom stereocenters. The minimum Gasteiger partial charge on any atom is -0.298 e. The minimum absolute atomic E-state index is 0.181. The fourth-order valence-corrected chi connectivity index (χ4v) is 4.00. The Labute approximate surface area is 95.4 Å². The molecule has 0 aliphatic carbocycles. The molecule has 1 aliphatic rings. The van der Waals surface area contributed by atoms with Crippen LogP contribution in [-0.2, 0) is 15.3 Å². The van der Waals surface area contributed by atoms with E-state index in [0.29, 0.717) is 16.9 Å².